The molecule has 0 atom stereocenters. The normalized spacial score (nSPS) is 10.3. The molecule has 0 unspecified atom stereocenters. The Bertz CT molecular complexity index is 839. The molecule has 2 rings (SSSR count). The van der Waals surface area contributed by atoms with Crippen LogP contribution >= 0.6 is 34.8 Å². The Labute approximate surface area is 166 Å². The quantitative estimate of drug-likeness (QED) is 0.685. The maximum atomic E-state index is 11.9. The molecule has 0 aliphatic carbocycles. The van der Waals surface area contributed by atoms with Crippen molar-refractivity contribution in [3.05, 3.63) is 56.5 Å². The lowest BCUT2D eigenvalue weighted by Gasteiger charge is -2.12. The van der Waals surface area contributed by atoms with Crippen LogP contribution in [0.25, 0.3) is 0 Å². The summed E-state index contributed by atoms with van der Waals surface area (Å²) in [5.41, 5.74) is 1.82. The van der Waals surface area contributed by atoms with E-state index in [0.29, 0.717) is 20.8 Å². The number of ether oxygens (including phenoxy) is 2. The summed E-state index contributed by atoms with van der Waals surface area (Å²) in [6.07, 6.45) is 0. The second-order valence-corrected chi connectivity index (χ2v) is 6.68. The number of amides is 1. The highest BCUT2D eigenvalue weighted by Gasteiger charge is 2.14. The van der Waals surface area contributed by atoms with E-state index in [0.717, 1.165) is 11.1 Å². The molecule has 8 heteroatoms. The third-order valence-corrected chi connectivity index (χ3v) is 4.43. The van der Waals surface area contributed by atoms with E-state index >= 15 is 0 Å². The van der Waals surface area contributed by atoms with Crippen LogP contribution in [0, 0.1) is 13.8 Å². The molecule has 138 valence electrons. The van der Waals surface area contributed by atoms with Gasteiger partial charge in [-0.1, -0.05) is 40.9 Å². The minimum atomic E-state index is -0.684. The number of rotatable bonds is 6. The number of aryl methyl sites for hydroxylation is 2. The van der Waals surface area contributed by atoms with Gasteiger partial charge in [-0.3, -0.25) is 4.79 Å². The molecule has 0 spiro atoms. The van der Waals surface area contributed by atoms with Crippen molar-refractivity contribution < 1.29 is 19.1 Å². The van der Waals surface area contributed by atoms with Gasteiger partial charge in [0.15, 0.2) is 13.2 Å². The van der Waals surface area contributed by atoms with Crippen molar-refractivity contribution in [3.63, 3.8) is 0 Å². The highest BCUT2D eigenvalue weighted by atomic mass is 35.5. The van der Waals surface area contributed by atoms with Gasteiger partial charge in [-0.15, -0.1) is 0 Å². The van der Waals surface area contributed by atoms with E-state index in [1.807, 2.05) is 0 Å². The van der Waals surface area contributed by atoms with Crippen LogP contribution in [0.15, 0.2) is 30.3 Å². The number of nitrogens with one attached hydrogen (secondary N) is 1. The average Bonchev–Trinajstić information content (AvgIpc) is 2.59. The molecule has 1 N–H and O–H groups in total. The Morgan fingerprint density at radius 1 is 1.00 bits per heavy atom. The van der Waals surface area contributed by atoms with Crippen molar-refractivity contribution in [3.8, 4) is 5.75 Å². The summed E-state index contributed by atoms with van der Waals surface area (Å²) in [5, 5.41) is 3.73. The van der Waals surface area contributed by atoms with E-state index in [4.69, 9.17) is 44.3 Å². The van der Waals surface area contributed by atoms with E-state index in [1.54, 1.807) is 44.2 Å². The van der Waals surface area contributed by atoms with E-state index in [2.05, 4.69) is 5.32 Å². The van der Waals surface area contributed by atoms with Crippen LogP contribution in [0.3, 0.4) is 0 Å². The number of esters is 1. The van der Waals surface area contributed by atoms with Gasteiger partial charge in [0.25, 0.3) is 5.91 Å². The molecule has 26 heavy (non-hydrogen) atoms. The predicted molar refractivity (Wildman–Crippen MR) is 102 cm³/mol. The third kappa shape index (κ3) is 5.53. The van der Waals surface area contributed by atoms with Gasteiger partial charge in [-0.05, 0) is 49.2 Å². The lowest BCUT2D eigenvalue weighted by atomic mass is 10.2. The minimum absolute atomic E-state index is 0.280. The van der Waals surface area contributed by atoms with Gasteiger partial charge in [0.05, 0.1) is 15.7 Å². The van der Waals surface area contributed by atoms with Crippen LogP contribution in [-0.2, 0) is 14.3 Å². The van der Waals surface area contributed by atoms with Gasteiger partial charge < -0.3 is 14.8 Å². The molecule has 0 heterocycles. The molecule has 0 aliphatic heterocycles. The maximum absolute atomic E-state index is 11.9. The minimum Gasteiger partial charge on any atom is -0.482 e. The van der Waals surface area contributed by atoms with Gasteiger partial charge in [0.1, 0.15) is 5.75 Å². The van der Waals surface area contributed by atoms with Crippen molar-refractivity contribution in [2.75, 3.05) is 18.5 Å². The summed E-state index contributed by atoms with van der Waals surface area (Å²) in [6, 6.07) is 8.37. The Balaban J connectivity index is 1.84. The SMILES string of the molecule is Cc1cc(Cl)ccc1OCC(=O)OCC(=O)Nc1c(Cl)ccc(C)c1Cl. The number of hydrogen-bond acceptors (Lipinski definition) is 4. The fourth-order valence-corrected chi connectivity index (χ4v) is 2.74. The molecule has 0 bridgehead atoms. The summed E-state index contributed by atoms with van der Waals surface area (Å²) in [5.74, 6) is -0.736. The zero-order valence-electron chi connectivity index (χ0n) is 14.1. The number of hydrogen-bond donors (Lipinski definition) is 1. The Morgan fingerprint density at radius 2 is 1.73 bits per heavy atom. The first-order chi connectivity index (χ1) is 12.3. The highest BCUT2D eigenvalue weighted by molar-refractivity contribution is 6.40. The largest absolute Gasteiger partial charge is 0.482 e. The molecule has 0 saturated heterocycles. The van der Waals surface area contributed by atoms with Crippen LogP contribution in [0.5, 0.6) is 5.75 Å². The van der Waals surface area contributed by atoms with Crippen molar-refractivity contribution in [2.24, 2.45) is 0 Å². The number of benzene rings is 2. The molecule has 0 radical (unpaired) electrons. The van der Waals surface area contributed by atoms with Gasteiger partial charge in [-0.2, -0.15) is 0 Å². The fourth-order valence-electron chi connectivity index (χ4n) is 2.05. The number of carbonyl (C=O) groups is 2. The van der Waals surface area contributed by atoms with Gasteiger partial charge >= 0.3 is 5.97 Å². The lowest BCUT2D eigenvalue weighted by Crippen LogP contribution is -2.24. The topological polar surface area (TPSA) is 64.6 Å². The zero-order valence-corrected chi connectivity index (χ0v) is 16.3. The summed E-state index contributed by atoms with van der Waals surface area (Å²) >= 11 is 18.0. The first kappa shape index (κ1) is 20.4. The van der Waals surface area contributed by atoms with Crippen LogP contribution in [0.4, 0.5) is 5.69 Å². The van der Waals surface area contributed by atoms with E-state index in [-0.39, 0.29) is 12.3 Å². The standard InChI is InChI=1S/C18H16Cl3NO4/c1-10-3-5-13(20)18(17(10)21)22-15(23)8-26-16(24)9-25-14-6-4-12(19)7-11(14)2/h3-7H,8-9H2,1-2H3,(H,22,23). The first-order valence-electron chi connectivity index (χ1n) is 7.57. The molecule has 0 saturated carbocycles. The molecular weight excluding hydrogens is 401 g/mol. The van der Waals surface area contributed by atoms with Crippen molar-refractivity contribution in [1.82, 2.24) is 0 Å². The molecule has 0 aliphatic rings. The molecule has 2 aromatic carbocycles. The molecule has 1 amide bonds. The maximum Gasteiger partial charge on any atom is 0.344 e. The van der Waals surface area contributed by atoms with Gasteiger partial charge in [-0.25, -0.2) is 4.79 Å². The number of halogens is 3. The van der Waals surface area contributed by atoms with Crippen LogP contribution in [-0.4, -0.2) is 25.1 Å². The Kier molecular flexibility index (Phi) is 7.14. The smallest absolute Gasteiger partial charge is 0.344 e. The summed E-state index contributed by atoms with van der Waals surface area (Å²) in [6.45, 7) is 2.77. The van der Waals surface area contributed by atoms with Crippen LogP contribution in [0.2, 0.25) is 15.1 Å². The van der Waals surface area contributed by atoms with Crippen LogP contribution in [0.1, 0.15) is 11.1 Å². The van der Waals surface area contributed by atoms with Crippen molar-refractivity contribution in [1.29, 1.82) is 0 Å². The van der Waals surface area contributed by atoms with Crippen molar-refractivity contribution >= 4 is 52.4 Å². The van der Waals surface area contributed by atoms with E-state index < -0.39 is 18.5 Å². The summed E-state index contributed by atoms with van der Waals surface area (Å²) < 4.78 is 10.2. The Hall–Kier alpha value is -1.95. The monoisotopic (exact) mass is 415 g/mol. The zero-order chi connectivity index (χ0) is 19.3. The molecule has 2 aromatic rings. The molecule has 0 fully saturated rings. The Morgan fingerprint density at radius 3 is 2.42 bits per heavy atom. The van der Waals surface area contributed by atoms with Gasteiger partial charge in [0.2, 0.25) is 0 Å². The van der Waals surface area contributed by atoms with Gasteiger partial charge in [0, 0.05) is 5.02 Å². The molecular formula is C18H16Cl3NO4. The first-order valence-corrected chi connectivity index (χ1v) is 8.70. The van der Waals surface area contributed by atoms with E-state index in [1.165, 1.54) is 0 Å². The van der Waals surface area contributed by atoms with Crippen LogP contribution < -0.4 is 10.1 Å². The molecule has 5 nitrogen and oxygen atoms in total. The second kappa shape index (κ2) is 9.12. The predicted octanol–water partition coefficient (Wildman–Crippen LogP) is 4.82. The highest BCUT2D eigenvalue weighted by Crippen LogP contribution is 2.32. The fraction of sp³-hybridized carbons (Fsp3) is 0.222. The van der Waals surface area contributed by atoms with Crippen molar-refractivity contribution in [2.45, 2.75) is 13.8 Å². The average molecular weight is 417 g/mol. The second-order valence-electron chi connectivity index (χ2n) is 5.46. The summed E-state index contributed by atoms with van der Waals surface area (Å²) in [7, 11) is 0. The lowest BCUT2D eigenvalue weighted by molar-refractivity contribution is -0.149. The third-order valence-electron chi connectivity index (χ3n) is 3.40. The van der Waals surface area contributed by atoms with E-state index in [9.17, 15) is 9.59 Å². The number of anilines is 1. The summed E-state index contributed by atoms with van der Waals surface area (Å²) in [4.78, 5) is 23.7. The number of carbonyl (C=O) groups excluding carboxylic acids is 2. The molecule has 0 aromatic heterocycles.